The molecule has 1 saturated heterocycles. The molecule has 3 aromatic carbocycles. The predicted molar refractivity (Wildman–Crippen MR) is 165 cm³/mol. The Bertz CT molecular complexity index is 1720. The highest BCUT2D eigenvalue weighted by molar-refractivity contribution is 7.15. The van der Waals surface area contributed by atoms with Crippen molar-refractivity contribution < 1.29 is 13.9 Å². The van der Waals surface area contributed by atoms with Gasteiger partial charge in [-0.15, -0.1) is 11.3 Å². The van der Waals surface area contributed by atoms with Gasteiger partial charge >= 0.3 is 0 Å². The minimum atomic E-state index is -0.638. The van der Waals surface area contributed by atoms with Crippen molar-refractivity contribution in [1.29, 1.82) is 0 Å². The van der Waals surface area contributed by atoms with Gasteiger partial charge in [0.15, 0.2) is 0 Å². The molecular weight excluding hydrogens is 547 g/mol. The van der Waals surface area contributed by atoms with Gasteiger partial charge in [-0.25, -0.2) is 9.37 Å². The number of thiophene rings is 1. The van der Waals surface area contributed by atoms with Crippen molar-refractivity contribution in [2.75, 3.05) is 33.8 Å². The number of nitrogens with one attached hydrogen (secondary N) is 1. The smallest absolute Gasteiger partial charge is 0.255 e. The van der Waals surface area contributed by atoms with Gasteiger partial charge in [-0.1, -0.05) is 36.4 Å². The number of fused-ring (bicyclic) bond motifs is 2. The molecule has 1 fully saturated rings. The average Bonchev–Trinajstić information content (AvgIpc) is 3.64. The number of methoxy groups -OCH3 is 1. The Kier molecular flexibility index (Phi) is 7.04. The number of likely N-dealkylation sites (tertiary alicyclic amines) is 1. The van der Waals surface area contributed by atoms with E-state index in [9.17, 15) is 9.18 Å². The second kappa shape index (κ2) is 11.0. The third kappa shape index (κ3) is 4.88. The number of aromatic nitrogens is 2. The minimum absolute atomic E-state index is 0.0848. The summed E-state index contributed by atoms with van der Waals surface area (Å²) in [7, 11) is 3.75. The number of halogens is 1. The third-order valence-electron chi connectivity index (χ3n) is 8.73. The van der Waals surface area contributed by atoms with E-state index in [0.29, 0.717) is 41.6 Å². The number of carbonyl (C=O) groups is 1. The van der Waals surface area contributed by atoms with E-state index >= 15 is 0 Å². The van der Waals surface area contributed by atoms with Gasteiger partial charge in [0.2, 0.25) is 0 Å². The molecule has 2 aliphatic rings. The summed E-state index contributed by atoms with van der Waals surface area (Å²) in [6.07, 6.45) is 3.10. The lowest BCUT2D eigenvalue weighted by Crippen LogP contribution is -2.40. The van der Waals surface area contributed by atoms with Crippen LogP contribution in [0.3, 0.4) is 0 Å². The second-order valence-electron chi connectivity index (χ2n) is 11.3. The lowest BCUT2D eigenvalue weighted by Gasteiger charge is -2.34. The topological polar surface area (TPSA) is 61.5 Å². The minimum Gasteiger partial charge on any atom is -0.496 e. The number of para-hydroxylation sites is 2. The van der Waals surface area contributed by atoms with Crippen LogP contribution < -0.4 is 4.74 Å². The Morgan fingerprint density at radius 1 is 1.02 bits per heavy atom. The molecule has 5 aromatic rings. The number of amides is 1. The molecule has 214 valence electrons. The molecule has 0 aliphatic carbocycles. The molecule has 4 heterocycles. The van der Waals surface area contributed by atoms with Crippen molar-refractivity contribution in [2.24, 2.45) is 0 Å². The Labute approximate surface area is 248 Å². The lowest BCUT2D eigenvalue weighted by atomic mass is 9.89. The van der Waals surface area contributed by atoms with Crippen LogP contribution in [-0.4, -0.2) is 59.5 Å². The Balaban J connectivity index is 1.22. The summed E-state index contributed by atoms with van der Waals surface area (Å²) in [5, 5.41) is 0. The Morgan fingerprint density at radius 2 is 1.81 bits per heavy atom. The summed E-state index contributed by atoms with van der Waals surface area (Å²) in [6, 6.07) is 22.5. The molecule has 1 amide bonds. The number of hydrogen-bond donors (Lipinski definition) is 1. The number of hydrogen-bond acceptors (Lipinski definition) is 5. The van der Waals surface area contributed by atoms with Gasteiger partial charge in [-0.2, -0.15) is 0 Å². The SMILES string of the molecule is COc1ccc(F)cc1C(c1nc2ccccc2[nH]1)N1CCc2sc(-c3ccc(C4CCN(C)CC4)cc3)cc2C1=O. The van der Waals surface area contributed by atoms with E-state index in [4.69, 9.17) is 9.72 Å². The highest BCUT2D eigenvalue weighted by atomic mass is 32.1. The van der Waals surface area contributed by atoms with Crippen LogP contribution in [0.25, 0.3) is 21.5 Å². The second-order valence-corrected chi connectivity index (χ2v) is 12.5. The standard InChI is InChI=1S/C34H33FN4O2S/c1-38-16-13-22(14-17-38)21-7-9-23(10-8-21)31-20-26-30(42-31)15-18-39(34(26)40)32(25-19-24(35)11-12-29(25)41-2)33-36-27-5-3-4-6-28(27)37-33/h3-12,19-20,22,32H,13-18H2,1-2H3,(H,36,37). The molecule has 2 aliphatic heterocycles. The van der Waals surface area contributed by atoms with Crippen LogP contribution in [0, 0.1) is 5.82 Å². The summed E-state index contributed by atoms with van der Waals surface area (Å²) in [5.74, 6) is 1.22. The van der Waals surface area contributed by atoms with Crippen molar-refractivity contribution in [3.8, 4) is 16.2 Å². The zero-order chi connectivity index (χ0) is 28.8. The molecule has 0 saturated carbocycles. The quantitative estimate of drug-likeness (QED) is 0.234. The Morgan fingerprint density at radius 3 is 2.57 bits per heavy atom. The molecule has 42 heavy (non-hydrogen) atoms. The number of benzene rings is 3. The van der Waals surface area contributed by atoms with Crippen LogP contribution in [0.15, 0.2) is 72.8 Å². The molecule has 8 heteroatoms. The average molecular weight is 581 g/mol. The van der Waals surface area contributed by atoms with Crippen molar-refractivity contribution >= 4 is 28.3 Å². The number of imidazole rings is 1. The predicted octanol–water partition coefficient (Wildman–Crippen LogP) is 7.04. The Hall–Kier alpha value is -4.01. The summed E-state index contributed by atoms with van der Waals surface area (Å²) in [6.45, 7) is 2.76. The zero-order valence-electron chi connectivity index (χ0n) is 23.8. The van der Waals surface area contributed by atoms with Gasteiger partial charge in [-0.05, 0) is 86.4 Å². The normalized spacial score (nSPS) is 17.0. The molecule has 1 N–H and O–H groups in total. The number of nitrogens with zero attached hydrogens (tertiary/aromatic N) is 3. The fourth-order valence-corrected chi connectivity index (χ4v) is 7.55. The molecule has 6 nitrogen and oxygen atoms in total. The first-order valence-electron chi connectivity index (χ1n) is 14.5. The van der Waals surface area contributed by atoms with E-state index in [1.54, 1.807) is 29.4 Å². The summed E-state index contributed by atoms with van der Waals surface area (Å²) < 4.78 is 20.3. The van der Waals surface area contributed by atoms with E-state index in [2.05, 4.69) is 41.2 Å². The lowest BCUT2D eigenvalue weighted by molar-refractivity contribution is 0.0683. The fourth-order valence-electron chi connectivity index (χ4n) is 6.41. The molecule has 1 unspecified atom stereocenters. The third-order valence-corrected chi connectivity index (χ3v) is 9.97. The maximum atomic E-state index is 14.6. The summed E-state index contributed by atoms with van der Waals surface area (Å²) in [4.78, 5) is 28.8. The van der Waals surface area contributed by atoms with E-state index < -0.39 is 11.9 Å². The highest BCUT2D eigenvalue weighted by Gasteiger charge is 2.36. The van der Waals surface area contributed by atoms with E-state index in [0.717, 1.165) is 39.4 Å². The molecule has 2 aromatic heterocycles. The van der Waals surface area contributed by atoms with Crippen LogP contribution in [0.1, 0.15) is 57.0 Å². The number of piperidine rings is 1. The van der Waals surface area contributed by atoms with Crippen LogP contribution in [-0.2, 0) is 6.42 Å². The van der Waals surface area contributed by atoms with Crippen LogP contribution in [0.5, 0.6) is 5.75 Å². The summed E-state index contributed by atoms with van der Waals surface area (Å²) >= 11 is 1.69. The zero-order valence-corrected chi connectivity index (χ0v) is 24.6. The first kappa shape index (κ1) is 26.9. The number of aromatic amines is 1. The largest absolute Gasteiger partial charge is 0.496 e. The maximum absolute atomic E-state index is 14.6. The van der Waals surface area contributed by atoms with E-state index in [1.165, 1.54) is 30.5 Å². The van der Waals surface area contributed by atoms with E-state index in [1.807, 2.05) is 30.3 Å². The monoisotopic (exact) mass is 580 g/mol. The first-order chi connectivity index (χ1) is 20.5. The molecular formula is C34H33FN4O2S. The van der Waals surface area contributed by atoms with Crippen molar-refractivity contribution in [1.82, 2.24) is 19.8 Å². The maximum Gasteiger partial charge on any atom is 0.255 e. The van der Waals surface area contributed by atoms with Gasteiger partial charge in [-0.3, -0.25) is 4.79 Å². The van der Waals surface area contributed by atoms with Gasteiger partial charge in [0.05, 0.1) is 23.7 Å². The van der Waals surface area contributed by atoms with Crippen LogP contribution >= 0.6 is 11.3 Å². The van der Waals surface area contributed by atoms with Gasteiger partial charge < -0.3 is 19.5 Å². The fraction of sp³-hybridized carbons (Fsp3) is 0.294. The van der Waals surface area contributed by atoms with Gasteiger partial charge in [0.25, 0.3) is 5.91 Å². The van der Waals surface area contributed by atoms with E-state index in [-0.39, 0.29) is 5.91 Å². The van der Waals surface area contributed by atoms with Gasteiger partial charge in [0, 0.05) is 28.3 Å². The molecule has 1 atom stereocenters. The molecule has 0 spiro atoms. The number of carbonyl (C=O) groups excluding carboxylic acids is 1. The van der Waals surface area contributed by atoms with Crippen molar-refractivity contribution in [3.63, 3.8) is 0 Å². The number of H-pyrrole nitrogens is 1. The molecule has 7 rings (SSSR count). The molecule has 0 bridgehead atoms. The number of ether oxygens (including phenoxy) is 1. The summed E-state index contributed by atoms with van der Waals surface area (Å²) in [5.41, 5.74) is 5.45. The van der Waals surface area contributed by atoms with Gasteiger partial charge in [0.1, 0.15) is 23.4 Å². The highest BCUT2D eigenvalue weighted by Crippen LogP contribution is 2.41. The number of rotatable bonds is 6. The first-order valence-corrected chi connectivity index (χ1v) is 15.3. The van der Waals surface area contributed by atoms with Crippen LogP contribution in [0.2, 0.25) is 0 Å². The van der Waals surface area contributed by atoms with Crippen molar-refractivity contribution in [2.45, 2.75) is 31.2 Å². The molecule has 0 radical (unpaired) electrons. The van der Waals surface area contributed by atoms with Crippen molar-refractivity contribution in [3.05, 3.63) is 106 Å². The van der Waals surface area contributed by atoms with Crippen LogP contribution in [0.4, 0.5) is 4.39 Å².